The first-order valence-corrected chi connectivity index (χ1v) is 7.54. The van der Waals surface area contributed by atoms with Gasteiger partial charge in [-0.1, -0.05) is 36.2 Å². The number of rotatable bonds is 4. The van der Waals surface area contributed by atoms with Gasteiger partial charge in [-0.2, -0.15) is 0 Å². The predicted molar refractivity (Wildman–Crippen MR) is 82.5 cm³/mol. The van der Waals surface area contributed by atoms with Crippen molar-refractivity contribution in [3.8, 4) is 0 Å². The average Bonchev–Trinajstić information content (AvgIpc) is 2.42. The summed E-state index contributed by atoms with van der Waals surface area (Å²) in [5.74, 6) is 0. The van der Waals surface area contributed by atoms with Crippen molar-refractivity contribution in [1.82, 2.24) is 10.2 Å². The Balaban J connectivity index is 2.21. The van der Waals surface area contributed by atoms with Gasteiger partial charge in [-0.25, -0.2) is 0 Å². The van der Waals surface area contributed by atoms with Gasteiger partial charge in [-0.05, 0) is 59.3 Å². The Hall–Kier alpha value is -0.860. The summed E-state index contributed by atoms with van der Waals surface area (Å²) < 4.78 is 0. The van der Waals surface area contributed by atoms with Crippen molar-refractivity contribution >= 4 is 0 Å². The van der Waals surface area contributed by atoms with Crippen LogP contribution in [0, 0.1) is 6.92 Å². The number of nitrogens with zero attached hydrogens (tertiary/aromatic N) is 1. The molecule has 2 heteroatoms. The minimum atomic E-state index is 0.157. The summed E-state index contributed by atoms with van der Waals surface area (Å²) in [6.07, 6.45) is 4.07. The SMILES string of the molecule is CNC(c1ccc(C)cc1)C(C)(C)N1CCCCC1. The lowest BCUT2D eigenvalue weighted by molar-refractivity contribution is 0.0633. The van der Waals surface area contributed by atoms with Gasteiger partial charge >= 0.3 is 0 Å². The molecular formula is C17H28N2. The van der Waals surface area contributed by atoms with Crippen LogP contribution in [-0.2, 0) is 0 Å². The quantitative estimate of drug-likeness (QED) is 0.891. The molecule has 1 N–H and O–H groups in total. The molecule has 0 radical (unpaired) electrons. The van der Waals surface area contributed by atoms with E-state index in [0.717, 1.165) is 0 Å². The number of likely N-dealkylation sites (tertiary alicyclic amines) is 1. The fourth-order valence-corrected chi connectivity index (χ4v) is 3.34. The molecule has 1 atom stereocenters. The molecular weight excluding hydrogens is 232 g/mol. The van der Waals surface area contributed by atoms with E-state index in [2.05, 4.69) is 62.3 Å². The summed E-state index contributed by atoms with van der Waals surface area (Å²) in [6, 6.07) is 9.34. The number of likely N-dealkylation sites (N-methyl/N-ethyl adjacent to an activating group) is 1. The lowest BCUT2D eigenvalue weighted by atomic mass is 9.85. The van der Waals surface area contributed by atoms with Gasteiger partial charge in [0.2, 0.25) is 0 Å². The molecule has 1 saturated heterocycles. The van der Waals surface area contributed by atoms with Crippen molar-refractivity contribution in [3.63, 3.8) is 0 Å². The van der Waals surface area contributed by atoms with Crippen LogP contribution >= 0.6 is 0 Å². The third-order valence-corrected chi connectivity index (χ3v) is 4.58. The number of hydrogen-bond donors (Lipinski definition) is 1. The zero-order chi connectivity index (χ0) is 13.9. The molecule has 2 rings (SSSR count). The first-order chi connectivity index (χ1) is 9.05. The van der Waals surface area contributed by atoms with Gasteiger partial charge in [-0.15, -0.1) is 0 Å². The van der Waals surface area contributed by atoms with E-state index in [0.29, 0.717) is 6.04 Å². The van der Waals surface area contributed by atoms with E-state index in [1.807, 2.05) is 0 Å². The average molecular weight is 260 g/mol. The van der Waals surface area contributed by atoms with E-state index >= 15 is 0 Å². The maximum atomic E-state index is 3.53. The fraction of sp³-hybridized carbons (Fsp3) is 0.647. The highest BCUT2D eigenvalue weighted by molar-refractivity contribution is 5.26. The topological polar surface area (TPSA) is 15.3 Å². The Morgan fingerprint density at radius 3 is 2.16 bits per heavy atom. The van der Waals surface area contributed by atoms with Gasteiger partial charge < -0.3 is 5.32 Å². The summed E-state index contributed by atoms with van der Waals surface area (Å²) in [6.45, 7) is 9.36. The monoisotopic (exact) mass is 260 g/mol. The summed E-state index contributed by atoms with van der Waals surface area (Å²) in [5.41, 5.74) is 2.88. The Bertz CT molecular complexity index is 388. The minimum absolute atomic E-state index is 0.157. The van der Waals surface area contributed by atoms with E-state index < -0.39 is 0 Å². The van der Waals surface area contributed by atoms with Crippen molar-refractivity contribution in [2.24, 2.45) is 0 Å². The van der Waals surface area contributed by atoms with E-state index in [4.69, 9.17) is 0 Å². The Labute approximate surface area is 118 Å². The molecule has 1 aliphatic heterocycles. The van der Waals surface area contributed by atoms with Gasteiger partial charge in [0.1, 0.15) is 0 Å². The smallest absolute Gasteiger partial charge is 0.0499 e. The summed E-state index contributed by atoms with van der Waals surface area (Å²) in [4.78, 5) is 2.65. The van der Waals surface area contributed by atoms with Crippen molar-refractivity contribution in [3.05, 3.63) is 35.4 Å². The standard InChI is InChI=1S/C17H28N2/c1-14-8-10-15(11-9-14)16(18-4)17(2,3)19-12-6-5-7-13-19/h8-11,16,18H,5-7,12-13H2,1-4H3. The lowest BCUT2D eigenvalue weighted by Crippen LogP contribution is -2.53. The van der Waals surface area contributed by atoms with Crippen molar-refractivity contribution in [2.45, 2.75) is 51.6 Å². The number of piperidine rings is 1. The highest BCUT2D eigenvalue weighted by atomic mass is 15.2. The Kier molecular flexibility index (Phi) is 4.64. The molecule has 1 unspecified atom stereocenters. The molecule has 1 aromatic rings. The molecule has 0 spiro atoms. The van der Waals surface area contributed by atoms with Gasteiger partial charge in [-0.3, -0.25) is 4.90 Å². The van der Waals surface area contributed by atoms with Crippen LogP contribution in [0.2, 0.25) is 0 Å². The van der Waals surface area contributed by atoms with E-state index in [1.54, 1.807) is 0 Å². The number of nitrogens with one attached hydrogen (secondary N) is 1. The van der Waals surface area contributed by atoms with Gasteiger partial charge in [0.25, 0.3) is 0 Å². The molecule has 106 valence electrons. The molecule has 19 heavy (non-hydrogen) atoms. The number of aryl methyl sites for hydroxylation is 1. The Morgan fingerprint density at radius 1 is 1.05 bits per heavy atom. The minimum Gasteiger partial charge on any atom is -0.311 e. The molecule has 0 saturated carbocycles. The third-order valence-electron chi connectivity index (χ3n) is 4.58. The second kappa shape index (κ2) is 6.06. The normalized spacial score (nSPS) is 19.4. The molecule has 1 aromatic carbocycles. The van der Waals surface area contributed by atoms with Crippen molar-refractivity contribution < 1.29 is 0 Å². The first kappa shape index (κ1) is 14.5. The summed E-state index contributed by atoms with van der Waals surface area (Å²) in [5, 5.41) is 3.53. The second-order valence-electron chi connectivity index (χ2n) is 6.33. The maximum Gasteiger partial charge on any atom is 0.0499 e. The van der Waals surface area contributed by atoms with Gasteiger partial charge in [0.15, 0.2) is 0 Å². The van der Waals surface area contributed by atoms with Gasteiger partial charge in [0.05, 0.1) is 0 Å². The molecule has 0 aliphatic carbocycles. The molecule has 1 heterocycles. The van der Waals surface area contributed by atoms with Crippen LogP contribution in [0.3, 0.4) is 0 Å². The number of hydrogen-bond acceptors (Lipinski definition) is 2. The van der Waals surface area contributed by atoms with Crippen molar-refractivity contribution in [1.29, 1.82) is 0 Å². The lowest BCUT2D eigenvalue weighted by Gasteiger charge is -2.46. The van der Waals surface area contributed by atoms with Crippen LogP contribution in [0.4, 0.5) is 0 Å². The first-order valence-electron chi connectivity index (χ1n) is 7.54. The molecule has 0 aromatic heterocycles. The third kappa shape index (κ3) is 3.18. The summed E-state index contributed by atoms with van der Waals surface area (Å²) in [7, 11) is 2.08. The largest absolute Gasteiger partial charge is 0.311 e. The predicted octanol–water partition coefficient (Wildman–Crippen LogP) is 3.52. The zero-order valence-corrected chi connectivity index (χ0v) is 12.9. The van der Waals surface area contributed by atoms with Crippen LogP contribution in [0.15, 0.2) is 24.3 Å². The van der Waals surface area contributed by atoms with Crippen LogP contribution in [0.1, 0.15) is 50.3 Å². The molecule has 0 amide bonds. The van der Waals surface area contributed by atoms with Gasteiger partial charge in [0, 0.05) is 11.6 Å². The van der Waals surface area contributed by atoms with Crippen molar-refractivity contribution in [2.75, 3.05) is 20.1 Å². The molecule has 1 aliphatic rings. The maximum absolute atomic E-state index is 3.53. The van der Waals surface area contributed by atoms with E-state index in [-0.39, 0.29) is 5.54 Å². The van der Waals surface area contributed by atoms with E-state index in [9.17, 15) is 0 Å². The van der Waals surface area contributed by atoms with Crippen LogP contribution in [0.5, 0.6) is 0 Å². The highest BCUT2D eigenvalue weighted by Crippen LogP contribution is 2.32. The zero-order valence-electron chi connectivity index (χ0n) is 12.9. The number of benzene rings is 1. The summed E-state index contributed by atoms with van der Waals surface area (Å²) >= 11 is 0. The molecule has 2 nitrogen and oxygen atoms in total. The van der Waals surface area contributed by atoms with E-state index in [1.165, 1.54) is 43.5 Å². The molecule has 0 bridgehead atoms. The molecule has 1 fully saturated rings. The highest BCUT2D eigenvalue weighted by Gasteiger charge is 2.35. The Morgan fingerprint density at radius 2 is 1.63 bits per heavy atom. The van der Waals surface area contributed by atoms with Crippen LogP contribution in [0.25, 0.3) is 0 Å². The second-order valence-corrected chi connectivity index (χ2v) is 6.33. The van der Waals surface area contributed by atoms with Crippen LogP contribution < -0.4 is 5.32 Å². The van der Waals surface area contributed by atoms with Crippen LogP contribution in [-0.4, -0.2) is 30.6 Å². The fourth-order valence-electron chi connectivity index (χ4n) is 3.34.